The lowest BCUT2D eigenvalue weighted by Crippen LogP contribution is -2.27. The fourth-order valence-electron chi connectivity index (χ4n) is 2.66. The number of imidazole rings is 1. The fraction of sp³-hybridized carbons (Fsp3) is 0.400. The van der Waals surface area contributed by atoms with Gasteiger partial charge < -0.3 is 4.98 Å². The van der Waals surface area contributed by atoms with E-state index in [-0.39, 0.29) is 18.4 Å². The summed E-state index contributed by atoms with van der Waals surface area (Å²) in [4.78, 5) is 23.2. The van der Waals surface area contributed by atoms with Crippen molar-refractivity contribution >= 4 is 17.1 Å². The molecule has 0 aromatic carbocycles. The summed E-state index contributed by atoms with van der Waals surface area (Å²) in [6.07, 6.45) is 3.41. The Balaban J connectivity index is 1.80. The molecule has 0 aliphatic carbocycles. The lowest BCUT2D eigenvalue weighted by Gasteiger charge is -2.26. The van der Waals surface area contributed by atoms with E-state index in [4.69, 9.17) is 5.21 Å². The smallest absolute Gasteiger partial charge is 0.247 e. The molecular weight excluding hydrogens is 310 g/mol. The van der Waals surface area contributed by atoms with Crippen molar-refractivity contribution in [1.29, 1.82) is 0 Å². The van der Waals surface area contributed by atoms with Crippen LogP contribution in [-0.2, 0) is 4.79 Å². The second-order valence-electron chi connectivity index (χ2n) is 5.91. The molecule has 0 fully saturated rings. The molecule has 3 heterocycles. The number of hydrogen-bond donors (Lipinski definition) is 3. The maximum atomic E-state index is 11.1. The molecule has 0 saturated heterocycles. The molecule has 0 spiro atoms. The van der Waals surface area contributed by atoms with E-state index in [1.807, 2.05) is 17.1 Å². The van der Waals surface area contributed by atoms with E-state index < -0.39 is 5.91 Å². The van der Waals surface area contributed by atoms with Gasteiger partial charge in [-0.05, 0) is 24.1 Å². The van der Waals surface area contributed by atoms with Crippen molar-refractivity contribution in [3.63, 3.8) is 0 Å². The quantitative estimate of drug-likeness (QED) is 0.573. The minimum absolute atomic E-state index is 0.0552. The van der Waals surface area contributed by atoms with Crippen molar-refractivity contribution in [2.45, 2.75) is 26.3 Å². The average Bonchev–Trinajstić information content (AvgIpc) is 3.19. The normalized spacial score (nSPS) is 17.2. The second kappa shape index (κ2) is 6.75. The van der Waals surface area contributed by atoms with Crippen LogP contribution in [0.4, 0.5) is 0 Å². The van der Waals surface area contributed by atoms with E-state index >= 15 is 0 Å². The summed E-state index contributed by atoms with van der Waals surface area (Å²) in [6.45, 7) is 4.65. The van der Waals surface area contributed by atoms with E-state index in [1.54, 1.807) is 17.8 Å². The van der Waals surface area contributed by atoms with Gasteiger partial charge in [-0.1, -0.05) is 19.1 Å². The highest BCUT2D eigenvalue weighted by molar-refractivity contribution is 5.76. The lowest BCUT2D eigenvalue weighted by atomic mass is 10.0. The summed E-state index contributed by atoms with van der Waals surface area (Å²) in [5.41, 5.74) is 3.82. The van der Waals surface area contributed by atoms with Crippen LogP contribution < -0.4 is 5.48 Å². The Morgan fingerprint density at radius 3 is 3.08 bits per heavy atom. The van der Waals surface area contributed by atoms with E-state index in [0.29, 0.717) is 17.9 Å². The number of amides is 1. The van der Waals surface area contributed by atoms with Crippen LogP contribution in [-0.4, -0.2) is 37.6 Å². The van der Waals surface area contributed by atoms with E-state index in [9.17, 15) is 4.79 Å². The maximum Gasteiger partial charge on any atom is 0.247 e. The van der Waals surface area contributed by atoms with Gasteiger partial charge in [0.05, 0.1) is 17.8 Å². The maximum absolute atomic E-state index is 11.1. The number of fused-ring (bicyclic) bond motifs is 1. The van der Waals surface area contributed by atoms with Gasteiger partial charge in [-0.3, -0.25) is 15.0 Å². The molecule has 24 heavy (non-hydrogen) atoms. The number of carbonyl (C=O) groups excluding carboxylic acids is 1. The Morgan fingerprint density at radius 1 is 1.54 bits per heavy atom. The molecule has 3 rings (SSSR count). The van der Waals surface area contributed by atoms with Gasteiger partial charge in [-0.2, -0.15) is 0 Å². The summed E-state index contributed by atoms with van der Waals surface area (Å²) in [5, 5.41) is 18.7. The third-order valence-electron chi connectivity index (χ3n) is 3.77. The number of rotatable bonds is 5. The van der Waals surface area contributed by atoms with Crippen molar-refractivity contribution in [1.82, 2.24) is 25.4 Å². The molecular formula is C15H19N7O2. The van der Waals surface area contributed by atoms with Gasteiger partial charge >= 0.3 is 0 Å². The van der Waals surface area contributed by atoms with Gasteiger partial charge in [-0.25, -0.2) is 15.4 Å². The second-order valence-corrected chi connectivity index (χ2v) is 5.91. The molecule has 1 aliphatic rings. The van der Waals surface area contributed by atoms with Crippen molar-refractivity contribution in [3.8, 4) is 0 Å². The van der Waals surface area contributed by atoms with E-state index in [2.05, 4.69) is 39.1 Å². The van der Waals surface area contributed by atoms with Crippen LogP contribution >= 0.6 is 0 Å². The first kappa shape index (κ1) is 16.1. The van der Waals surface area contributed by atoms with Crippen molar-refractivity contribution in [2.24, 2.45) is 16.3 Å². The number of hydrogen-bond acceptors (Lipinski definition) is 7. The zero-order chi connectivity index (χ0) is 17.1. The summed E-state index contributed by atoms with van der Waals surface area (Å²) in [6, 6.07) is 3.71. The average molecular weight is 329 g/mol. The Hall–Kier alpha value is -2.81. The summed E-state index contributed by atoms with van der Waals surface area (Å²) < 4.78 is 0. The van der Waals surface area contributed by atoms with Crippen LogP contribution in [0.2, 0.25) is 0 Å². The van der Waals surface area contributed by atoms with E-state index in [1.165, 1.54) is 0 Å². The summed E-state index contributed by atoms with van der Waals surface area (Å²) >= 11 is 0. The zero-order valence-electron chi connectivity index (χ0n) is 13.5. The molecule has 9 heteroatoms. The largest absolute Gasteiger partial charge is 0.339 e. The number of hydroxylamine groups is 1. The Kier molecular flexibility index (Phi) is 4.52. The number of carbonyl (C=O) groups is 1. The molecule has 3 N–H and O–H groups in total. The zero-order valence-corrected chi connectivity index (χ0v) is 13.5. The van der Waals surface area contributed by atoms with Crippen LogP contribution in [0, 0.1) is 5.92 Å². The van der Waals surface area contributed by atoms with Gasteiger partial charge in [-0.15, -0.1) is 5.11 Å². The molecule has 0 saturated carbocycles. The molecule has 1 atom stereocenters. The monoisotopic (exact) mass is 329 g/mol. The summed E-state index contributed by atoms with van der Waals surface area (Å²) in [5.74, 6) is 0.538. The Bertz CT molecular complexity index is 763. The van der Waals surface area contributed by atoms with Gasteiger partial charge in [0.25, 0.3) is 0 Å². The highest BCUT2D eigenvalue weighted by Crippen LogP contribution is 2.31. The fourth-order valence-corrected chi connectivity index (χ4v) is 2.66. The van der Waals surface area contributed by atoms with Crippen molar-refractivity contribution in [2.75, 3.05) is 6.54 Å². The predicted molar refractivity (Wildman–Crippen MR) is 85.7 cm³/mol. The Morgan fingerprint density at radius 2 is 2.38 bits per heavy atom. The number of nitrogens with one attached hydrogen (secondary N) is 2. The van der Waals surface area contributed by atoms with Crippen LogP contribution in [0.3, 0.4) is 0 Å². The number of aromatic nitrogens is 3. The minimum Gasteiger partial charge on any atom is -0.339 e. The topological polar surface area (TPSA) is 119 Å². The standard InChI is InChI=1S/C15H19N7O2/c1-9(2)13(15-17-11-4-3-7-16-14(11)18-15)22-8-10(19-21-22)5-6-12(23)20-24/h3-5,7,9,13,24H,6,8H2,1-2H3,(H,20,23)(H,16,17,18)/b10-5-. The van der Waals surface area contributed by atoms with Gasteiger partial charge in [0, 0.05) is 12.6 Å². The molecule has 126 valence electrons. The van der Waals surface area contributed by atoms with E-state index in [0.717, 1.165) is 11.3 Å². The summed E-state index contributed by atoms with van der Waals surface area (Å²) in [7, 11) is 0. The third-order valence-corrected chi connectivity index (χ3v) is 3.77. The highest BCUT2D eigenvalue weighted by Gasteiger charge is 2.29. The van der Waals surface area contributed by atoms with Gasteiger partial charge in [0.15, 0.2) is 5.65 Å². The third kappa shape index (κ3) is 3.25. The first-order valence-corrected chi connectivity index (χ1v) is 7.69. The van der Waals surface area contributed by atoms with Crippen LogP contribution in [0.1, 0.15) is 32.1 Å². The SMILES string of the molecule is CC(C)C(c1nc2ncccc2[nH]1)N1C/C(=C/CC(=O)NO)N=N1. The predicted octanol–water partition coefficient (Wildman–Crippen LogP) is 2.12. The minimum atomic E-state index is -0.486. The first-order valence-electron chi connectivity index (χ1n) is 7.69. The van der Waals surface area contributed by atoms with Crippen molar-refractivity contribution < 1.29 is 10.0 Å². The molecule has 1 amide bonds. The molecule has 1 unspecified atom stereocenters. The van der Waals surface area contributed by atoms with Crippen LogP contribution in [0.25, 0.3) is 11.2 Å². The highest BCUT2D eigenvalue weighted by atomic mass is 16.5. The molecule has 0 bridgehead atoms. The Labute approximate surface area is 138 Å². The molecule has 2 aromatic rings. The lowest BCUT2D eigenvalue weighted by molar-refractivity contribution is -0.128. The number of aromatic amines is 1. The number of nitrogens with zero attached hydrogens (tertiary/aromatic N) is 5. The molecule has 9 nitrogen and oxygen atoms in total. The molecule has 2 aromatic heterocycles. The van der Waals surface area contributed by atoms with Gasteiger partial charge in [0.1, 0.15) is 11.9 Å². The van der Waals surface area contributed by atoms with Gasteiger partial charge in [0.2, 0.25) is 5.91 Å². The van der Waals surface area contributed by atoms with Crippen LogP contribution in [0.5, 0.6) is 0 Å². The molecule has 1 aliphatic heterocycles. The molecule has 0 radical (unpaired) electrons. The van der Waals surface area contributed by atoms with Crippen molar-refractivity contribution in [3.05, 3.63) is 35.9 Å². The first-order chi connectivity index (χ1) is 11.6. The number of H-pyrrole nitrogens is 1. The number of pyridine rings is 1. The van der Waals surface area contributed by atoms with Crippen LogP contribution in [0.15, 0.2) is 40.4 Å².